The highest BCUT2D eigenvalue weighted by Gasteiger charge is 2.58. The van der Waals surface area contributed by atoms with Gasteiger partial charge in [-0.05, 0) is 42.8 Å². The Bertz CT molecular complexity index is 1000. The molecule has 2 fully saturated rings. The summed E-state index contributed by atoms with van der Waals surface area (Å²) in [7, 11) is 0. The average Bonchev–Trinajstić information content (AvgIpc) is 2.93. The zero-order valence-corrected chi connectivity index (χ0v) is 16.7. The number of amides is 2. The van der Waals surface area contributed by atoms with Crippen molar-refractivity contribution in [2.24, 2.45) is 0 Å². The van der Waals surface area contributed by atoms with Gasteiger partial charge in [0.15, 0.2) is 0 Å². The van der Waals surface area contributed by atoms with Gasteiger partial charge in [0.2, 0.25) is 0 Å². The number of alkyl halides is 2. The van der Waals surface area contributed by atoms with Gasteiger partial charge in [-0.2, -0.15) is 8.78 Å². The van der Waals surface area contributed by atoms with E-state index in [0.29, 0.717) is 5.56 Å². The number of carbonyl (C=O) groups is 2. The monoisotopic (exact) mass is 435 g/mol. The number of halogens is 3. The lowest BCUT2D eigenvalue weighted by Crippen LogP contribution is -2.66. The molecule has 2 amide bonds. The number of ether oxygens (including phenoxy) is 2. The first kappa shape index (κ1) is 21.3. The summed E-state index contributed by atoms with van der Waals surface area (Å²) in [5, 5.41) is 0. The summed E-state index contributed by atoms with van der Waals surface area (Å²) in [6, 6.07) is 6.28. The molecule has 2 saturated heterocycles. The number of carbonyl (C=O) groups excluding carboxylic acids is 2. The van der Waals surface area contributed by atoms with Gasteiger partial charge in [0.05, 0.1) is 31.9 Å². The molecule has 0 aliphatic carbocycles. The summed E-state index contributed by atoms with van der Waals surface area (Å²) in [5.74, 6) is -2.53. The fourth-order valence-corrected chi connectivity index (χ4v) is 3.79. The van der Waals surface area contributed by atoms with Gasteiger partial charge in [-0.15, -0.1) is 0 Å². The topological polar surface area (TPSA) is 72.0 Å². The van der Waals surface area contributed by atoms with Crippen molar-refractivity contribution >= 4 is 17.5 Å². The Morgan fingerprint density at radius 3 is 2.61 bits per heavy atom. The molecule has 1 unspecified atom stereocenters. The van der Waals surface area contributed by atoms with Gasteiger partial charge in [-0.1, -0.05) is 0 Å². The third-order valence-electron chi connectivity index (χ3n) is 5.18. The summed E-state index contributed by atoms with van der Waals surface area (Å²) in [6.07, 6.45) is -1.14. The number of pyridine rings is 1. The van der Waals surface area contributed by atoms with Crippen LogP contribution in [-0.4, -0.2) is 66.3 Å². The number of morpholine rings is 1. The number of hydrogen-bond acceptors (Lipinski definition) is 5. The Morgan fingerprint density at radius 2 is 1.90 bits per heavy atom. The molecule has 0 saturated carbocycles. The van der Waals surface area contributed by atoms with Crippen molar-refractivity contribution < 1.29 is 32.2 Å². The van der Waals surface area contributed by atoms with Gasteiger partial charge in [0, 0.05) is 24.6 Å². The van der Waals surface area contributed by atoms with Gasteiger partial charge >= 0.3 is 12.0 Å². The Balaban J connectivity index is 1.65. The summed E-state index contributed by atoms with van der Waals surface area (Å²) in [6.45, 7) is 1.31. The van der Waals surface area contributed by atoms with Gasteiger partial charge in [0.1, 0.15) is 11.4 Å². The maximum atomic E-state index is 14.6. The summed E-state index contributed by atoms with van der Waals surface area (Å²) >= 11 is 0. The molecule has 2 aromatic rings. The molecule has 7 nitrogen and oxygen atoms in total. The second-order valence-corrected chi connectivity index (χ2v) is 7.70. The lowest BCUT2D eigenvalue weighted by atomic mass is 10.00. The summed E-state index contributed by atoms with van der Waals surface area (Å²) < 4.78 is 53.0. The first-order valence-corrected chi connectivity index (χ1v) is 9.63. The van der Waals surface area contributed by atoms with Crippen LogP contribution in [0.15, 0.2) is 42.7 Å². The lowest BCUT2D eigenvalue weighted by molar-refractivity contribution is -0.293. The van der Waals surface area contributed by atoms with Gasteiger partial charge in [-0.3, -0.25) is 19.3 Å². The molecule has 3 heterocycles. The molecule has 2 aliphatic rings. The van der Waals surface area contributed by atoms with E-state index < -0.39 is 29.3 Å². The van der Waals surface area contributed by atoms with Crippen molar-refractivity contribution in [3.8, 4) is 0 Å². The van der Waals surface area contributed by atoms with Crippen LogP contribution in [0.25, 0.3) is 0 Å². The summed E-state index contributed by atoms with van der Waals surface area (Å²) in [5.41, 5.74) is -0.486. The van der Waals surface area contributed by atoms with Crippen LogP contribution in [0.4, 0.5) is 18.9 Å². The smallest absolute Gasteiger partial charge is 0.376 e. The van der Waals surface area contributed by atoms with E-state index in [1.807, 2.05) is 0 Å². The van der Waals surface area contributed by atoms with Gasteiger partial charge < -0.3 is 14.5 Å². The molecule has 1 aromatic heterocycles. The second-order valence-electron chi connectivity index (χ2n) is 7.70. The molecule has 0 bridgehead atoms. The Morgan fingerprint density at radius 1 is 1.16 bits per heavy atom. The second kappa shape index (κ2) is 7.93. The Labute approximate surface area is 176 Å². The number of rotatable bonds is 2. The van der Waals surface area contributed by atoms with E-state index in [2.05, 4.69) is 4.98 Å². The molecule has 31 heavy (non-hydrogen) atoms. The molecule has 4 rings (SSSR count). The van der Waals surface area contributed by atoms with Crippen molar-refractivity contribution in [3.05, 3.63) is 59.7 Å². The maximum absolute atomic E-state index is 14.6. The van der Waals surface area contributed by atoms with Crippen LogP contribution in [0.1, 0.15) is 15.9 Å². The van der Waals surface area contributed by atoms with E-state index in [9.17, 15) is 22.8 Å². The van der Waals surface area contributed by atoms with Crippen LogP contribution in [0.5, 0.6) is 0 Å². The average molecular weight is 435 g/mol. The molecule has 10 heteroatoms. The highest BCUT2D eigenvalue weighted by Crippen LogP contribution is 2.37. The molecule has 2 aliphatic heterocycles. The van der Waals surface area contributed by atoms with Crippen molar-refractivity contribution in [1.82, 2.24) is 9.88 Å². The third-order valence-corrected chi connectivity index (χ3v) is 5.18. The van der Waals surface area contributed by atoms with Crippen LogP contribution in [0.3, 0.4) is 0 Å². The van der Waals surface area contributed by atoms with E-state index in [1.54, 1.807) is 19.2 Å². The van der Waals surface area contributed by atoms with Gasteiger partial charge in [0.25, 0.3) is 5.91 Å². The van der Waals surface area contributed by atoms with Gasteiger partial charge in [-0.25, -0.2) is 4.39 Å². The van der Waals surface area contributed by atoms with Crippen LogP contribution in [0, 0.1) is 12.7 Å². The number of aryl methyl sites for hydroxylation is 1. The summed E-state index contributed by atoms with van der Waals surface area (Å²) in [4.78, 5) is 31.6. The number of hydrogen-bond donors (Lipinski definition) is 0. The van der Waals surface area contributed by atoms with E-state index in [4.69, 9.17) is 9.47 Å². The minimum atomic E-state index is -4.14. The minimum Gasteiger partial charge on any atom is -0.376 e. The van der Waals surface area contributed by atoms with Crippen LogP contribution >= 0.6 is 0 Å². The van der Waals surface area contributed by atoms with Crippen molar-refractivity contribution in [1.29, 1.82) is 0 Å². The highest BCUT2D eigenvalue weighted by atomic mass is 19.3. The fourth-order valence-electron chi connectivity index (χ4n) is 3.79. The standard InChI is InChI=1S/C21H20F3N3O4/c1-14-8-15(10-25-9-14)18(28)26-6-7-30-13-20(11-26)12-27(19(29)21(23,24)31-20)17-4-2-16(22)3-5-17/h2-5,8-10H,6-7,11-13H2,1H3. The van der Waals surface area contributed by atoms with E-state index in [-0.39, 0.29) is 38.5 Å². The maximum Gasteiger partial charge on any atom is 0.437 e. The number of nitrogens with zero attached hydrogens (tertiary/aromatic N) is 3. The van der Waals surface area contributed by atoms with E-state index in [0.717, 1.165) is 22.6 Å². The van der Waals surface area contributed by atoms with E-state index >= 15 is 0 Å². The van der Waals surface area contributed by atoms with Crippen molar-refractivity contribution in [3.63, 3.8) is 0 Å². The zero-order chi connectivity index (χ0) is 22.2. The zero-order valence-electron chi connectivity index (χ0n) is 16.7. The Kier molecular flexibility index (Phi) is 5.44. The molecule has 1 aromatic carbocycles. The number of benzene rings is 1. The SMILES string of the molecule is Cc1cncc(C(=O)N2CCOCC3(C2)CN(c2ccc(F)cc2)C(=O)C(F)(F)O3)c1. The molecule has 0 radical (unpaired) electrons. The highest BCUT2D eigenvalue weighted by molar-refractivity contribution is 5.98. The van der Waals surface area contributed by atoms with Crippen molar-refractivity contribution in [2.45, 2.75) is 18.6 Å². The molecule has 1 atom stereocenters. The minimum absolute atomic E-state index is 0.0961. The lowest BCUT2D eigenvalue weighted by Gasteiger charge is -2.45. The van der Waals surface area contributed by atoms with Crippen LogP contribution in [-0.2, 0) is 14.3 Å². The van der Waals surface area contributed by atoms with Crippen LogP contribution in [0.2, 0.25) is 0 Å². The Hall–Kier alpha value is -2.98. The quantitative estimate of drug-likeness (QED) is 0.725. The van der Waals surface area contributed by atoms with Crippen LogP contribution < -0.4 is 4.90 Å². The molecule has 1 spiro atoms. The largest absolute Gasteiger partial charge is 0.437 e. The predicted molar refractivity (Wildman–Crippen MR) is 103 cm³/mol. The first-order valence-electron chi connectivity index (χ1n) is 9.63. The molecular formula is C21H20F3N3O4. The molecular weight excluding hydrogens is 415 g/mol. The predicted octanol–water partition coefficient (Wildman–Crippen LogP) is 2.40. The normalized spacial score (nSPS) is 23.7. The molecule has 0 N–H and O–H groups in total. The van der Waals surface area contributed by atoms with Crippen molar-refractivity contribution in [2.75, 3.05) is 37.7 Å². The third kappa shape index (κ3) is 4.26. The number of anilines is 1. The van der Waals surface area contributed by atoms with E-state index in [1.165, 1.54) is 23.2 Å². The molecule has 164 valence electrons. The number of aromatic nitrogens is 1. The first-order chi connectivity index (χ1) is 14.7. The fraction of sp³-hybridized carbons (Fsp3) is 0.381.